The first-order valence-corrected chi connectivity index (χ1v) is 18.8. The molecule has 0 bridgehead atoms. The molecular weight excluding hydrogens is 657 g/mol. The van der Waals surface area contributed by atoms with Crippen molar-refractivity contribution in [3.05, 3.63) is 193 Å². The van der Waals surface area contributed by atoms with Gasteiger partial charge in [0.1, 0.15) is 0 Å². The fraction of sp³-hybridized carbons (Fsp3) is 0.140. The van der Waals surface area contributed by atoms with E-state index in [4.69, 9.17) is 0 Å². The topological polar surface area (TPSA) is 24.3 Å². The molecule has 0 N–H and O–H groups in total. The number of hydrogen-bond acceptors (Lipinski definition) is 3. The summed E-state index contributed by atoms with van der Waals surface area (Å²) in [6, 6.07) is 58.9. The van der Waals surface area contributed by atoms with Gasteiger partial charge in [-0.15, -0.1) is 0 Å². The van der Waals surface area contributed by atoms with Crippen LogP contribution in [0.5, 0.6) is 0 Å². The van der Waals surface area contributed by atoms with E-state index >= 15 is 0 Å². The number of hydrogen-bond donors (Lipinski definition) is 0. The summed E-state index contributed by atoms with van der Waals surface area (Å²) >= 11 is 0. The van der Waals surface area contributed by atoms with E-state index in [0.717, 1.165) is 45.8 Å². The van der Waals surface area contributed by atoms with Gasteiger partial charge in [0.25, 0.3) is 0 Å². The van der Waals surface area contributed by atoms with E-state index in [-0.39, 0.29) is 5.41 Å². The lowest BCUT2D eigenvalue weighted by molar-refractivity contribution is 0.560. The molecule has 264 valence electrons. The zero-order chi connectivity index (χ0) is 36.9. The summed E-state index contributed by atoms with van der Waals surface area (Å²) in [5.74, 6) is 0. The van der Waals surface area contributed by atoms with E-state index in [1.165, 1.54) is 33.4 Å². The Balaban J connectivity index is 1.20. The molecule has 1 unspecified atom stereocenters. The molecule has 1 aliphatic rings. The van der Waals surface area contributed by atoms with Crippen LogP contribution in [-0.2, 0) is 11.8 Å². The highest BCUT2D eigenvalue weighted by Crippen LogP contribution is 2.45. The SMILES string of the molecule is CC(C)(C)c1ccc2c(c1)c1c(n2-c2ccccc2)C=CC(C)(N(c2ccc(N(c3ccccc3)c3ccccc3)cc2)c2ccc3ncccc3c2)C1. The predicted molar refractivity (Wildman–Crippen MR) is 228 cm³/mol. The van der Waals surface area contributed by atoms with Crippen LogP contribution in [0.4, 0.5) is 28.4 Å². The number of benzene rings is 6. The predicted octanol–water partition coefficient (Wildman–Crippen LogP) is 13.1. The molecule has 8 aromatic rings. The van der Waals surface area contributed by atoms with Gasteiger partial charge in [0.05, 0.1) is 16.6 Å². The number of rotatable bonds is 7. The lowest BCUT2D eigenvalue weighted by Crippen LogP contribution is -2.45. The van der Waals surface area contributed by atoms with Crippen molar-refractivity contribution in [3.8, 4) is 5.69 Å². The normalized spacial score (nSPS) is 15.3. The quantitative estimate of drug-likeness (QED) is 0.165. The third kappa shape index (κ3) is 5.94. The Morgan fingerprint density at radius 1 is 0.611 bits per heavy atom. The van der Waals surface area contributed by atoms with Gasteiger partial charge < -0.3 is 14.4 Å². The highest BCUT2D eigenvalue weighted by Gasteiger charge is 2.37. The van der Waals surface area contributed by atoms with Gasteiger partial charge in [-0.3, -0.25) is 4.98 Å². The number of fused-ring (bicyclic) bond motifs is 4. The van der Waals surface area contributed by atoms with Crippen LogP contribution < -0.4 is 9.80 Å². The van der Waals surface area contributed by atoms with Crippen molar-refractivity contribution in [1.29, 1.82) is 0 Å². The second-order valence-electron chi connectivity index (χ2n) is 15.6. The third-order valence-corrected chi connectivity index (χ3v) is 10.9. The summed E-state index contributed by atoms with van der Waals surface area (Å²) < 4.78 is 2.44. The minimum atomic E-state index is -0.392. The maximum absolute atomic E-state index is 4.66. The molecule has 1 atom stereocenters. The average Bonchev–Trinajstić information content (AvgIpc) is 3.52. The highest BCUT2D eigenvalue weighted by atomic mass is 15.2. The minimum absolute atomic E-state index is 0.0318. The van der Waals surface area contributed by atoms with Gasteiger partial charge in [-0.25, -0.2) is 0 Å². The number of pyridine rings is 1. The molecule has 0 aliphatic heterocycles. The van der Waals surface area contributed by atoms with Crippen molar-refractivity contribution >= 4 is 56.3 Å². The fourth-order valence-electron chi connectivity index (χ4n) is 8.18. The maximum Gasteiger partial charge on any atom is 0.0703 e. The lowest BCUT2D eigenvalue weighted by atomic mass is 9.82. The monoisotopic (exact) mass is 700 g/mol. The summed E-state index contributed by atoms with van der Waals surface area (Å²) in [6.45, 7) is 9.29. The van der Waals surface area contributed by atoms with Crippen LogP contribution in [0.15, 0.2) is 176 Å². The smallest absolute Gasteiger partial charge is 0.0703 e. The molecule has 2 aromatic heterocycles. The molecule has 6 aromatic carbocycles. The molecule has 9 rings (SSSR count). The van der Waals surface area contributed by atoms with E-state index in [1.807, 2.05) is 12.3 Å². The Bertz CT molecular complexity index is 2580. The Kier molecular flexibility index (Phi) is 8.19. The van der Waals surface area contributed by atoms with Crippen molar-refractivity contribution in [3.63, 3.8) is 0 Å². The Morgan fingerprint density at radius 3 is 1.89 bits per heavy atom. The van der Waals surface area contributed by atoms with E-state index in [9.17, 15) is 0 Å². The largest absolute Gasteiger partial charge is 0.332 e. The molecule has 0 saturated carbocycles. The summed E-state index contributed by atoms with van der Waals surface area (Å²) in [7, 11) is 0. The molecule has 0 amide bonds. The highest BCUT2D eigenvalue weighted by molar-refractivity contribution is 5.93. The zero-order valence-electron chi connectivity index (χ0n) is 31.3. The Labute approximate surface area is 318 Å². The van der Waals surface area contributed by atoms with Gasteiger partial charge in [-0.1, -0.05) is 93.6 Å². The fourth-order valence-corrected chi connectivity index (χ4v) is 8.18. The van der Waals surface area contributed by atoms with Gasteiger partial charge in [-0.2, -0.15) is 0 Å². The number of aromatic nitrogens is 2. The second-order valence-corrected chi connectivity index (χ2v) is 15.6. The standard InChI is InChI=1S/C50H44N4/c1-49(2,3)37-22-29-47-44(34-37)45-35-50(4,31-30-48(45)53(47)40-20-12-7-13-21-40)54(43-27-28-46-36(33-43)15-14-32-51-46)42-25-23-41(24-26-42)52(38-16-8-5-9-17-38)39-18-10-6-11-19-39/h5-34H,35H2,1-4H3. The summed E-state index contributed by atoms with van der Waals surface area (Å²) in [5.41, 5.74) is 12.6. The van der Waals surface area contributed by atoms with Gasteiger partial charge in [0.2, 0.25) is 0 Å². The number of anilines is 5. The molecule has 54 heavy (non-hydrogen) atoms. The van der Waals surface area contributed by atoms with Crippen LogP contribution in [-0.4, -0.2) is 15.1 Å². The van der Waals surface area contributed by atoms with Crippen LogP contribution in [0.2, 0.25) is 0 Å². The van der Waals surface area contributed by atoms with Crippen LogP contribution in [0.1, 0.15) is 44.5 Å². The zero-order valence-corrected chi connectivity index (χ0v) is 31.3. The molecule has 0 fully saturated rings. The van der Waals surface area contributed by atoms with E-state index in [1.54, 1.807) is 0 Å². The maximum atomic E-state index is 4.66. The Morgan fingerprint density at radius 2 is 1.22 bits per heavy atom. The first kappa shape index (κ1) is 33.4. The number of para-hydroxylation sites is 3. The molecule has 0 spiro atoms. The summed E-state index contributed by atoms with van der Waals surface area (Å²) in [5, 5.41) is 2.44. The first-order chi connectivity index (χ1) is 26.3. The van der Waals surface area contributed by atoms with Crippen LogP contribution in [0.3, 0.4) is 0 Å². The first-order valence-electron chi connectivity index (χ1n) is 18.8. The number of nitrogens with zero attached hydrogens (tertiary/aromatic N) is 4. The van der Waals surface area contributed by atoms with Gasteiger partial charge >= 0.3 is 0 Å². The lowest BCUT2D eigenvalue weighted by Gasteiger charge is -2.43. The third-order valence-electron chi connectivity index (χ3n) is 10.9. The Hall–Kier alpha value is -6.39. The van der Waals surface area contributed by atoms with Crippen LogP contribution in [0.25, 0.3) is 33.6 Å². The van der Waals surface area contributed by atoms with Gasteiger partial charge in [-0.05, 0) is 127 Å². The molecule has 2 heterocycles. The average molecular weight is 701 g/mol. The molecule has 0 saturated heterocycles. The molecular formula is C50H44N4. The van der Waals surface area contributed by atoms with Crippen LogP contribution in [0, 0.1) is 0 Å². The minimum Gasteiger partial charge on any atom is -0.332 e. The van der Waals surface area contributed by atoms with Crippen molar-refractivity contribution in [2.24, 2.45) is 0 Å². The summed E-state index contributed by atoms with van der Waals surface area (Å²) in [6.07, 6.45) is 7.47. The summed E-state index contributed by atoms with van der Waals surface area (Å²) in [4.78, 5) is 9.50. The van der Waals surface area contributed by atoms with Gasteiger partial charge in [0.15, 0.2) is 0 Å². The van der Waals surface area contributed by atoms with Crippen LogP contribution >= 0.6 is 0 Å². The van der Waals surface area contributed by atoms with Crippen molar-refractivity contribution < 1.29 is 0 Å². The second kappa shape index (κ2) is 13.2. The molecule has 0 radical (unpaired) electrons. The van der Waals surface area contributed by atoms with Crippen molar-refractivity contribution in [2.75, 3.05) is 9.80 Å². The molecule has 4 heteroatoms. The van der Waals surface area contributed by atoms with E-state index < -0.39 is 5.54 Å². The molecule has 4 nitrogen and oxygen atoms in total. The molecule has 1 aliphatic carbocycles. The van der Waals surface area contributed by atoms with E-state index in [2.05, 4.69) is 217 Å². The van der Waals surface area contributed by atoms with Crippen molar-refractivity contribution in [1.82, 2.24) is 9.55 Å². The van der Waals surface area contributed by atoms with Crippen molar-refractivity contribution in [2.45, 2.75) is 45.1 Å². The van der Waals surface area contributed by atoms with Gasteiger partial charge in [0, 0.05) is 63.2 Å². The van der Waals surface area contributed by atoms with E-state index in [0.29, 0.717) is 0 Å².